The van der Waals surface area contributed by atoms with Gasteiger partial charge in [0.1, 0.15) is 0 Å². The van der Waals surface area contributed by atoms with Gasteiger partial charge >= 0.3 is 6.09 Å². The fourth-order valence-electron chi connectivity index (χ4n) is 5.00. The van der Waals surface area contributed by atoms with Gasteiger partial charge in [0, 0.05) is 26.2 Å². The Morgan fingerprint density at radius 3 is 2.15 bits per heavy atom. The first kappa shape index (κ1) is 25.0. The van der Waals surface area contributed by atoms with Crippen LogP contribution in [-0.2, 0) is 14.8 Å². The molecule has 2 aliphatic heterocycles. The Kier molecular flexibility index (Phi) is 7.31. The summed E-state index contributed by atoms with van der Waals surface area (Å²) in [4.78, 5) is 24.8. The summed E-state index contributed by atoms with van der Waals surface area (Å²) in [5, 5.41) is 27.7. The standard InChI is InChI=1S/C22H30N4O6S/c1-15-11-18(12-16(2)19(15)13-23)17-3-7-26(8-4-17)33(31,32)14-22(20(27)24-30)5-9-25(10-6-22)21(28)29/h11-12,17,30H,3-10,14H2,1-2H3,(H,24,27)(H,28,29). The van der Waals surface area contributed by atoms with E-state index in [-0.39, 0.29) is 31.8 Å². The van der Waals surface area contributed by atoms with Crippen molar-refractivity contribution in [2.45, 2.75) is 45.4 Å². The molecule has 2 heterocycles. The van der Waals surface area contributed by atoms with Gasteiger partial charge < -0.3 is 10.0 Å². The average molecular weight is 479 g/mol. The maximum atomic E-state index is 13.2. The minimum absolute atomic E-state index is 0.0190. The first-order valence-corrected chi connectivity index (χ1v) is 12.6. The van der Waals surface area contributed by atoms with Gasteiger partial charge in [-0.25, -0.2) is 23.0 Å². The van der Waals surface area contributed by atoms with Crippen LogP contribution in [0.3, 0.4) is 0 Å². The Bertz CT molecular complexity index is 1040. The molecule has 2 aliphatic rings. The molecular weight excluding hydrogens is 448 g/mol. The Labute approximate surface area is 193 Å². The van der Waals surface area contributed by atoms with Crippen molar-refractivity contribution in [2.24, 2.45) is 5.41 Å². The minimum Gasteiger partial charge on any atom is -0.465 e. The number of benzene rings is 1. The molecule has 0 aliphatic carbocycles. The number of rotatable bonds is 5. The fraction of sp³-hybridized carbons (Fsp3) is 0.591. The van der Waals surface area contributed by atoms with Gasteiger partial charge in [-0.15, -0.1) is 0 Å². The second-order valence-electron chi connectivity index (χ2n) is 9.06. The third-order valence-electron chi connectivity index (χ3n) is 7.02. The first-order valence-electron chi connectivity index (χ1n) is 10.9. The van der Waals surface area contributed by atoms with Gasteiger partial charge in [-0.1, -0.05) is 12.1 Å². The highest BCUT2D eigenvalue weighted by Gasteiger charge is 2.47. The molecule has 180 valence electrons. The lowest BCUT2D eigenvalue weighted by atomic mass is 9.79. The molecule has 2 fully saturated rings. The zero-order valence-electron chi connectivity index (χ0n) is 18.9. The molecule has 0 saturated carbocycles. The highest BCUT2D eigenvalue weighted by molar-refractivity contribution is 7.89. The summed E-state index contributed by atoms with van der Waals surface area (Å²) in [6, 6.07) is 6.21. The van der Waals surface area contributed by atoms with Crippen molar-refractivity contribution in [1.82, 2.24) is 14.7 Å². The smallest absolute Gasteiger partial charge is 0.407 e. The normalized spacial score (nSPS) is 19.6. The largest absolute Gasteiger partial charge is 0.465 e. The lowest BCUT2D eigenvalue weighted by molar-refractivity contribution is -0.141. The van der Waals surface area contributed by atoms with Gasteiger partial charge in [-0.3, -0.25) is 10.0 Å². The van der Waals surface area contributed by atoms with Crippen molar-refractivity contribution < 1.29 is 28.3 Å². The van der Waals surface area contributed by atoms with E-state index in [0.717, 1.165) is 21.6 Å². The number of carbonyl (C=O) groups excluding carboxylic acids is 1. The average Bonchev–Trinajstić information content (AvgIpc) is 2.78. The summed E-state index contributed by atoms with van der Waals surface area (Å²) in [7, 11) is -3.81. The van der Waals surface area contributed by atoms with Crippen molar-refractivity contribution >= 4 is 22.0 Å². The number of hydrogen-bond acceptors (Lipinski definition) is 6. The van der Waals surface area contributed by atoms with Crippen LogP contribution in [0.5, 0.6) is 0 Å². The maximum Gasteiger partial charge on any atom is 0.407 e. The molecule has 2 amide bonds. The van der Waals surface area contributed by atoms with E-state index in [0.29, 0.717) is 31.5 Å². The number of carbonyl (C=O) groups is 2. The summed E-state index contributed by atoms with van der Waals surface area (Å²) < 4.78 is 27.8. The van der Waals surface area contributed by atoms with Crippen LogP contribution in [0.15, 0.2) is 12.1 Å². The van der Waals surface area contributed by atoms with Crippen molar-refractivity contribution in [3.05, 3.63) is 34.4 Å². The fourth-order valence-corrected chi connectivity index (χ4v) is 7.07. The number of hydrogen-bond donors (Lipinski definition) is 3. The van der Waals surface area contributed by atoms with Crippen LogP contribution in [0, 0.1) is 30.6 Å². The summed E-state index contributed by atoms with van der Waals surface area (Å²) in [6.07, 6.45) is 0.161. The van der Waals surface area contributed by atoms with Crippen molar-refractivity contribution in [3.8, 4) is 6.07 Å². The van der Waals surface area contributed by atoms with Crippen molar-refractivity contribution in [1.29, 1.82) is 5.26 Å². The van der Waals surface area contributed by atoms with E-state index in [2.05, 4.69) is 6.07 Å². The Morgan fingerprint density at radius 1 is 1.15 bits per heavy atom. The van der Waals surface area contributed by atoms with E-state index >= 15 is 0 Å². The molecule has 3 rings (SSSR count). The van der Waals surface area contributed by atoms with Gasteiger partial charge in [0.2, 0.25) is 10.0 Å². The number of sulfonamides is 1. The van der Waals surface area contributed by atoms with Crippen molar-refractivity contribution in [2.75, 3.05) is 31.9 Å². The topological polar surface area (TPSA) is 151 Å². The lowest BCUT2D eigenvalue weighted by Gasteiger charge is -2.40. The van der Waals surface area contributed by atoms with Gasteiger partial charge in [0.15, 0.2) is 0 Å². The molecular formula is C22H30N4O6S. The minimum atomic E-state index is -3.81. The van der Waals surface area contributed by atoms with E-state index in [9.17, 15) is 28.5 Å². The summed E-state index contributed by atoms with van der Waals surface area (Å²) >= 11 is 0. The number of nitriles is 1. The van der Waals surface area contributed by atoms with Crippen LogP contribution in [-0.4, -0.2) is 71.9 Å². The van der Waals surface area contributed by atoms with Crippen LogP contribution in [0.1, 0.15) is 53.9 Å². The van der Waals surface area contributed by atoms with Crippen LogP contribution < -0.4 is 5.48 Å². The second-order valence-corrected chi connectivity index (χ2v) is 11.0. The zero-order chi connectivity index (χ0) is 24.4. The van der Waals surface area contributed by atoms with Crippen LogP contribution in [0.4, 0.5) is 4.79 Å². The Morgan fingerprint density at radius 2 is 1.70 bits per heavy atom. The van der Waals surface area contributed by atoms with Crippen LogP contribution >= 0.6 is 0 Å². The highest BCUT2D eigenvalue weighted by Crippen LogP contribution is 2.36. The number of piperidine rings is 2. The summed E-state index contributed by atoms with van der Waals surface area (Å²) in [6.45, 7) is 4.47. The number of nitrogens with one attached hydrogen (secondary N) is 1. The summed E-state index contributed by atoms with van der Waals surface area (Å²) in [5.41, 5.74) is 3.79. The molecule has 0 radical (unpaired) electrons. The monoisotopic (exact) mass is 478 g/mol. The third-order valence-corrected chi connectivity index (χ3v) is 9.09. The molecule has 0 spiro atoms. The van der Waals surface area contributed by atoms with Gasteiger partial charge in [-0.05, 0) is 62.1 Å². The van der Waals surface area contributed by atoms with E-state index in [1.807, 2.05) is 26.0 Å². The quantitative estimate of drug-likeness (QED) is 0.432. The SMILES string of the molecule is Cc1cc(C2CCN(S(=O)(=O)CC3(C(=O)NO)CCN(C(=O)O)CC3)CC2)cc(C)c1C#N. The Balaban J connectivity index is 1.71. The summed E-state index contributed by atoms with van der Waals surface area (Å²) in [5.74, 6) is -1.09. The number of nitrogens with zero attached hydrogens (tertiary/aromatic N) is 3. The molecule has 11 heteroatoms. The van der Waals surface area contributed by atoms with Crippen molar-refractivity contribution in [3.63, 3.8) is 0 Å². The molecule has 2 saturated heterocycles. The van der Waals surface area contributed by atoms with Crippen LogP contribution in [0.2, 0.25) is 0 Å². The molecule has 3 N–H and O–H groups in total. The van der Waals surface area contributed by atoms with E-state index in [1.165, 1.54) is 4.31 Å². The molecule has 0 bridgehead atoms. The highest BCUT2D eigenvalue weighted by atomic mass is 32.2. The van der Waals surface area contributed by atoms with E-state index in [1.54, 1.807) is 5.48 Å². The predicted octanol–water partition coefficient (Wildman–Crippen LogP) is 1.95. The lowest BCUT2D eigenvalue weighted by Crippen LogP contribution is -2.54. The molecule has 10 nitrogen and oxygen atoms in total. The number of amides is 2. The molecule has 1 aromatic rings. The van der Waals surface area contributed by atoms with Gasteiger partial charge in [-0.2, -0.15) is 5.26 Å². The number of aryl methyl sites for hydroxylation is 2. The zero-order valence-corrected chi connectivity index (χ0v) is 19.7. The number of carboxylic acid groups (broad SMARTS) is 1. The van der Waals surface area contributed by atoms with E-state index < -0.39 is 33.2 Å². The first-order chi connectivity index (χ1) is 15.5. The predicted molar refractivity (Wildman–Crippen MR) is 119 cm³/mol. The van der Waals surface area contributed by atoms with Gasteiger partial charge in [0.25, 0.3) is 5.91 Å². The Hall–Kier alpha value is -2.68. The third kappa shape index (κ3) is 5.13. The molecule has 0 aromatic heterocycles. The molecule has 1 aromatic carbocycles. The molecule has 33 heavy (non-hydrogen) atoms. The number of hydroxylamine groups is 1. The van der Waals surface area contributed by atoms with E-state index in [4.69, 9.17) is 5.11 Å². The van der Waals surface area contributed by atoms with Gasteiger partial charge in [0.05, 0.1) is 22.8 Å². The second kappa shape index (κ2) is 9.67. The molecule has 0 unspecified atom stereocenters. The van der Waals surface area contributed by atoms with Crippen LogP contribution in [0.25, 0.3) is 0 Å². The maximum absolute atomic E-state index is 13.2. The molecule has 0 atom stereocenters. The number of likely N-dealkylation sites (tertiary alicyclic amines) is 1.